The van der Waals surface area contributed by atoms with Crippen LogP contribution in [-0.4, -0.2) is 23.9 Å². The Morgan fingerprint density at radius 3 is 2.50 bits per heavy atom. The molecule has 0 spiro atoms. The van der Waals surface area contributed by atoms with E-state index in [0.29, 0.717) is 0 Å². The number of hydrogen-bond donors (Lipinski definition) is 1. The van der Waals surface area contributed by atoms with Crippen LogP contribution in [0.3, 0.4) is 0 Å². The summed E-state index contributed by atoms with van der Waals surface area (Å²) in [6.45, 7) is -0.217. The third-order valence-corrected chi connectivity index (χ3v) is 2.04. The number of carboxylic acids is 1. The predicted molar refractivity (Wildman–Crippen MR) is 54.1 cm³/mol. The highest BCUT2D eigenvalue weighted by Crippen LogP contribution is 2.22. The Labute approximate surface area is 100.0 Å². The quantitative estimate of drug-likeness (QED) is 0.657. The van der Waals surface area contributed by atoms with Gasteiger partial charge in [-0.25, -0.2) is 9.18 Å². The fourth-order valence-corrected chi connectivity index (χ4v) is 1.22. The van der Waals surface area contributed by atoms with Gasteiger partial charge in [-0.15, -0.1) is 0 Å². The molecule has 1 aromatic carbocycles. The van der Waals surface area contributed by atoms with Crippen LogP contribution < -0.4 is 4.74 Å². The largest absolute Gasteiger partial charge is 0.493 e. The summed E-state index contributed by atoms with van der Waals surface area (Å²) in [5, 5.41) is 8.55. The van der Waals surface area contributed by atoms with E-state index in [0.717, 1.165) is 12.1 Å². The first-order valence-electron chi connectivity index (χ1n) is 5.02. The summed E-state index contributed by atoms with van der Waals surface area (Å²) in [6.07, 6.45) is -5.48. The molecule has 0 saturated heterocycles. The number of benzene rings is 1. The van der Waals surface area contributed by atoms with Crippen molar-refractivity contribution in [2.24, 2.45) is 0 Å². The molecule has 0 atom stereocenters. The maximum absolute atomic E-state index is 13.2. The van der Waals surface area contributed by atoms with Gasteiger partial charge in [0.1, 0.15) is 11.6 Å². The zero-order chi connectivity index (χ0) is 13.8. The molecule has 0 aromatic heterocycles. The lowest BCUT2D eigenvalue weighted by atomic mass is 10.2. The van der Waals surface area contributed by atoms with Crippen molar-refractivity contribution in [1.29, 1.82) is 0 Å². The fraction of sp³-hybridized carbons (Fsp3) is 0.364. The zero-order valence-electron chi connectivity index (χ0n) is 9.13. The minimum absolute atomic E-state index is 0.000301. The van der Waals surface area contributed by atoms with E-state index in [2.05, 4.69) is 0 Å². The summed E-state index contributed by atoms with van der Waals surface area (Å²) in [4.78, 5) is 10.5. The topological polar surface area (TPSA) is 46.5 Å². The summed E-state index contributed by atoms with van der Waals surface area (Å²) in [5.74, 6) is -2.41. The SMILES string of the molecule is O=C(O)c1ccc(OCCCC(F)(F)F)cc1F. The van der Waals surface area contributed by atoms with Crippen LogP contribution >= 0.6 is 0 Å². The number of carbonyl (C=O) groups is 1. The van der Waals surface area contributed by atoms with Crippen molar-refractivity contribution in [3.63, 3.8) is 0 Å². The van der Waals surface area contributed by atoms with Crippen molar-refractivity contribution >= 4 is 5.97 Å². The van der Waals surface area contributed by atoms with Crippen molar-refractivity contribution in [2.75, 3.05) is 6.61 Å². The molecule has 0 aliphatic rings. The maximum atomic E-state index is 13.2. The fourth-order valence-electron chi connectivity index (χ4n) is 1.22. The Kier molecular flexibility index (Phi) is 4.52. The molecule has 0 fully saturated rings. The number of halogens is 4. The van der Waals surface area contributed by atoms with E-state index < -0.39 is 29.9 Å². The first kappa shape index (κ1) is 14.3. The van der Waals surface area contributed by atoms with Gasteiger partial charge >= 0.3 is 12.1 Å². The number of rotatable bonds is 5. The van der Waals surface area contributed by atoms with Crippen LogP contribution in [0.4, 0.5) is 17.6 Å². The lowest BCUT2D eigenvalue weighted by Gasteiger charge is -2.08. The smallest absolute Gasteiger partial charge is 0.389 e. The molecule has 0 heterocycles. The first-order valence-corrected chi connectivity index (χ1v) is 5.02. The Morgan fingerprint density at radius 2 is 2.00 bits per heavy atom. The second kappa shape index (κ2) is 5.70. The molecule has 1 aromatic rings. The third kappa shape index (κ3) is 4.60. The van der Waals surface area contributed by atoms with Gasteiger partial charge in [-0.1, -0.05) is 0 Å². The lowest BCUT2D eigenvalue weighted by Crippen LogP contribution is -2.10. The van der Waals surface area contributed by atoms with Crippen molar-refractivity contribution in [2.45, 2.75) is 19.0 Å². The van der Waals surface area contributed by atoms with Crippen LogP contribution in [0.25, 0.3) is 0 Å². The molecular formula is C11H10F4O3. The molecule has 1 rings (SSSR count). The Bertz CT molecular complexity index is 429. The maximum Gasteiger partial charge on any atom is 0.389 e. The van der Waals surface area contributed by atoms with E-state index in [-0.39, 0.29) is 18.8 Å². The molecule has 7 heteroatoms. The number of carboxylic acid groups (broad SMARTS) is 1. The molecule has 3 nitrogen and oxygen atoms in total. The van der Waals surface area contributed by atoms with E-state index in [4.69, 9.17) is 9.84 Å². The third-order valence-electron chi connectivity index (χ3n) is 2.04. The monoisotopic (exact) mass is 266 g/mol. The van der Waals surface area contributed by atoms with Gasteiger partial charge in [-0.2, -0.15) is 13.2 Å². The predicted octanol–water partition coefficient (Wildman–Crippen LogP) is 3.25. The molecule has 0 bridgehead atoms. The van der Waals surface area contributed by atoms with Crippen LogP contribution in [0.15, 0.2) is 18.2 Å². The Hall–Kier alpha value is -1.79. The minimum atomic E-state index is -4.25. The number of aromatic carboxylic acids is 1. The number of alkyl halides is 3. The summed E-state index contributed by atoms with van der Waals surface area (Å²) >= 11 is 0. The van der Waals surface area contributed by atoms with Gasteiger partial charge in [0.15, 0.2) is 0 Å². The molecule has 0 saturated carbocycles. The van der Waals surface area contributed by atoms with Crippen LogP contribution in [0.2, 0.25) is 0 Å². The molecular weight excluding hydrogens is 256 g/mol. The second-order valence-electron chi connectivity index (χ2n) is 3.51. The van der Waals surface area contributed by atoms with E-state index in [1.807, 2.05) is 0 Å². The van der Waals surface area contributed by atoms with Crippen LogP contribution in [0.1, 0.15) is 23.2 Å². The molecule has 0 radical (unpaired) electrons. The Balaban J connectivity index is 2.49. The molecule has 0 amide bonds. The minimum Gasteiger partial charge on any atom is -0.493 e. The van der Waals surface area contributed by atoms with Crippen molar-refractivity contribution < 1.29 is 32.2 Å². The van der Waals surface area contributed by atoms with Gasteiger partial charge in [0, 0.05) is 12.5 Å². The highest BCUT2D eigenvalue weighted by molar-refractivity contribution is 5.88. The average Bonchev–Trinajstić information content (AvgIpc) is 2.22. The standard InChI is InChI=1S/C11H10F4O3/c12-9-6-7(2-3-8(9)10(16)17)18-5-1-4-11(13,14)15/h2-3,6H,1,4-5H2,(H,16,17). The molecule has 1 N–H and O–H groups in total. The van der Waals surface area contributed by atoms with E-state index in [1.54, 1.807) is 0 Å². The summed E-state index contributed by atoms with van der Waals surface area (Å²) in [6, 6.07) is 3.02. The van der Waals surface area contributed by atoms with E-state index >= 15 is 0 Å². The molecule has 18 heavy (non-hydrogen) atoms. The van der Waals surface area contributed by atoms with Gasteiger partial charge < -0.3 is 9.84 Å². The van der Waals surface area contributed by atoms with Crippen LogP contribution in [-0.2, 0) is 0 Å². The van der Waals surface area contributed by atoms with Crippen LogP contribution in [0.5, 0.6) is 5.75 Å². The Morgan fingerprint density at radius 1 is 1.33 bits per heavy atom. The van der Waals surface area contributed by atoms with Gasteiger partial charge in [-0.3, -0.25) is 0 Å². The van der Waals surface area contributed by atoms with Crippen molar-refractivity contribution in [3.8, 4) is 5.75 Å². The molecule has 0 aliphatic heterocycles. The molecule has 0 unspecified atom stereocenters. The van der Waals surface area contributed by atoms with E-state index in [9.17, 15) is 22.4 Å². The molecule has 0 aliphatic carbocycles. The summed E-state index contributed by atoms with van der Waals surface area (Å²) in [7, 11) is 0. The van der Waals surface area contributed by atoms with E-state index in [1.165, 1.54) is 6.07 Å². The van der Waals surface area contributed by atoms with Gasteiger partial charge in [0.05, 0.1) is 12.2 Å². The normalized spacial score (nSPS) is 11.3. The second-order valence-corrected chi connectivity index (χ2v) is 3.51. The highest BCUT2D eigenvalue weighted by atomic mass is 19.4. The van der Waals surface area contributed by atoms with Crippen molar-refractivity contribution in [1.82, 2.24) is 0 Å². The average molecular weight is 266 g/mol. The van der Waals surface area contributed by atoms with Gasteiger partial charge in [0.2, 0.25) is 0 Å². The lowest BCUT2D eigenvalue weighted by molar-refractivity contribution is -0.136. The zero-order valence-corrected chi connectivity index (χ0v) is 9.13. The summed E-state index contributed by atoms with van der Waals surface area (Å²) in [5.41, 5.74) is -0.516. The number of hydrogen-bond acceptors (Lipinski definition) is 2. The molecule has 100 valence electrons. The summed E-state index contributed by atoms with van der Waals surface area (Å²) < 4.78 is 53.5. The first-order chi connectivity index (χ1) is 8.29. The van der Waals surface area contributed by atoms with Gasteiger partial charge in [0.25, 0.3) is 0 Å². The highest BCUT2D eigenvalue weighted by Gasteiger charge is 2.26. The van der Waals surface area contributed by atoms with Gasteiger partial charge in [-0.05, 0) is 18.6 Å². The number of ether oxygens (including phenoxy) is 1. The van der Waals surface area contributed by atoms with Crippen LogP contribution in [0, 0.1) is 5.82 Å². The van der Waals surface area contributed by atoms with Crippen molar-refractivity contribution in [3.05, 3.63) is 29.6 Å².